The van der Waals surface area contributed by atoms with E-state index in [1.807, 2.05) is 24.3 Å². The van der Waals surface area contributed by atoms with Gasteiger partial charge in [0.25, 0.3) is 0 Å². The molecule has 0 bridgehead atoms. The molecule has 1 heterocycles. The van der Waals surface area contributed by atoms with Crippen LogP contribution < -0.4 is 16.2 Å². The molecule has 0 radical (unpaired) electrons. The molecule has 0 atom stereocenters. The van der Waals surface area contributed by atoms with Gasteiger partial charge in [-0.1, -0.05) is 86.1 Å². The second-order valence-corrected chi connectivity index (χ2v) is 10.0. The fourth-order valence-electron chi connectivity index (χ4n) is 4.25. The normalized spacial score (nSPS) is 10.9. The predicted octanol–water partition coefficient (Wildman–Crippen LogP) is 8.47. The molecule has 0 saturated carbocycles. The van der Waals surface area contributed by atoms with Crippen molar-refractivity contribution in [1.82, 2.24) is 0 Å². The van der Waals surface area contributed by atoms with Gasteiger partial charge in [0, 0.05) is 0 Å². The number of hydrogen-bond acceptors (Lipinski definition) is 5. The maximum absolute atomic E-state index is 9.54. The summed E-state index contributed by atoms with van der Waals surface area (Å²) in [6, 6.07) is 32.1. The summed E-state index contributed by atoms with van der Waals surface area (Å²) in [5, 5.41) is 9.54. The maximum Gasteiger partial charge on any atom is 0.119 e. The van der Waals surface area contributed by atoms with Crippen LogP contribution in [0.25, 0.3) is 43.1 Å². The fraction of sp³-hybridized carbons (Fsp3) is 0.125. The van der Waals surface area contributed by atoms with Gasteiger partial charge in [-0.3, -0.25) is 0 Å². The van der Waals surface area contributed by atoms with Gasteiger partial charge in [-0.15, -0.1) is 11.3 Å². The Hall–Kier alpha value is -4.22. The van der Waals surface area contributed by atoms with E-state index in [2.05, 4.69) is 67.6 Å². The number of benzene rings is 4. The van der Waals surface area contributed by atoms with Crippen LogP contribution in [0.1, 0.15) is 19.8 Å². The van der Waals surface area contributed by atoms with Crippen LogP contribution in [-0.4, -0.2) is 11.7 Å². The Balaban J connectivity index is 1.35. The molecule has 1 aromatic heterocycles. The first-order valence-corrected chi connectivity index (χ1v) is 13.3. The van der Waals surface area contributed by atoms with Gasteiger partial charge in [0.2, 0.25) is 0 Å². The molecular formula is C32H30N2O2S. The first-order valence-electron chi connectivity index (χ1n) is 12.4. The van der Waals surface area contributed by atoms with Crippen LogP contribution in [0.4, 0.5) is 11.4 Å². The minimum absolute atomic E-state index is 0.257. The third-order valence-corrected chi connectivity index (χ3v) is 7.75. The fourth-order valence-corrected chi connectivity index (χ4v) is 5.40. The molecule has 37 heavy (non-hydrogen) atoms. The van der Waals surface area contributed by atoms with E-state index in [0.29, 0.717) is 11.4 Å². The number of thiophene rings is 1. The molecule has 4 nitrogen and oxygen atoms in total. The number of anilines is 2. The lowest BCUT2D eigenvalue weighted by atomic mass is 10.0. The average molecular weight is 507 g/mol. The van der Waals surface area contributed by atoms with Crippen LogP contribution in [0.15, 0.2) is 97.1 Å². The van der Waals surface area contributed by atoms with Crippen LogP contribution in [0, 0.1) is 0 Å². The van der Waals surface area contributed by atoms with Gasteiger partial charge in [0.05, 0.1) is 27.7 Å². The predicted molar refractivity (Wildman–Crippen MR) is 157 cm³/mol. The Morgan fingerprint density at radius 3 is 1.41 bits per heavy atom. The van der Waals surface area contributed by atoms with Crippen LogP contribution in [-0.2, 0) is 0 Å². The van der Waals surface area contributed by atoms with Crippen molar-refractivity contribution in [1.29, 1.82) is 0 Å². The third kappa shape index (κ3) is 5.32. The lowest BCUT2D eigenvalue weighted by Gasteiger charge is -2.08. The van der Waals surface area contributed by atoms with E-state index in [0.717, 1.165) is 68.3 Å². The highest BCUT2D eigenvalue weighted by atomic mass is 32.1. The van der Waals surface area contributed by atoms with Crippen LogP contribution in [0.2, 0.25) is 0 Å². The Bertz CT molecular complexity index is 1470. The molecule has 0 spiro atoms. The van der Waals surface area contributed by atoms with Gasteiger partial charge in [0.15, 0.2) is 0 Å². The smallest absolute Gasteiger partial charge is 0.119 e. The van der Waals surface area contributed by atoms with E-state index in [1.165, 1.54) is 0 Å². The van der Waals surface area contributed by atoms with Crippen molar-refractivity contribution in [2.24, 2.45) is 0 Å². The minimum atomic E-state index is 0.257. The summed E-state index contributed by atoms with van der Waals surface area (Å²) in [6.07, 6.45) is 2.19. The molecule has 5 rings (SSSR count). The Morgan fingerprint density at radius 1 is 0.595 bits per heavy atom. The second-order valence-electron chi connectivity index (χ2n) is 9.02. The maximum atomic E-state index is 9.54. The number of phenols is 1. The molecule has 0 saturated heterocycles. The number of ether oxygens (including phenoxy) is 1. The average Bonchev–Trinajstić information content (AvgIpc) is 3.24. The van der Waals surface area contributed by atoms with Gasteiger partial charge >= 0.3 is 0 Å². The molecule has 0 fully saturated rings. The van der Waals surface area contributed by atoms with Crippen LogP contribution >= 0.6 is 11.3 Å². The number of phenolic OH excluding ortho intramolecular Hbond substituents is 1. The van der Waals surface area contributed by atoms with Crippen molar-refractivity contribution < 1.29 is 9.84 Å². The first kappa shape index (κ1) is 24.5. The van der Waals surface area contributed by atoms with E-state index in [-0.39, 0.29) is 5.75 Å². The zero-order valence-corrected chi connectivity index (χ0v) is 21.6. The highest BCUT2D eigenvalue weighted by molar-refractivity contribution is 7.20. The van der Waals surface area contributed by atoms with Crippen molar-refractivity contribution in [3.8, 4) is 54.6 Å². The highest BCUT2D eigenvalue weighted by Gasteiger charge is 2.16. The molecule has 0 amide bonds. The molecule has 0 aliphatic rings. The number of hydrogen-bond donors (Lipinski definition) is 3. The van der Waals surface area contributed by atoms with E-state index in [4.69, 9.17) is 16.2 Å². The quantitative estimate of drug-likeness (QED) is 0.184. The zero-order chi connectivity index (χ0) is 25.8. The summed E-state index contributed by atoms with van der Waals surface area (Å²) in [6.45, 7) is 2.91. The van der Waals surface area contributed by atoms with Gasteiger partial charge < -0.3 is 21.3 Å². The number of aromatic hydroxyl groups is 1. The van der Waals surface area contributed by atoms with Gasteiger partial charge in [0.1, 0.15) is 11.5 Å². The lowest BCUT2D eigenvalue weighted by molar-refractivity contribution is 0.309. The van der Waals surface area contributed by atoms with Crippen molar-refractivity contribution in [2.75, 3.05) is 18.1 Å². The molecule has 186 valence electrons. The van der Waals surface area contributed by atoms with E-state index in [9.17, 15) is 5.11 Å². The van der Waals surface area contributed by atoms with Crippen LogP contribution in [0.3, 0.4) is 0 Å². The Labute approximate surface area is 221 Å². The standard InChI is InChI=1S/C32H30N2O2S/c1-2-3-20-36-28-18-14-24(15-19-28)22-6-10-26(11-7-22)32-30(34)29(33)31(37-32)25-8-4-21(5-9-25)23-12-16-27(35)17-13-23/h4-19,35H,2-3,20,33-34H2,1H3. The van der Waals surface area contributed by atoms with Crippen molar-refractivity contribution in [2.45, 2.75) is 19.8 Å². The van der Waals surface area contributed by atoms with Crippen LogP contribution in [0.5, 0.6) is 11.5 Å². The molecular weight excluding hydrogens is 476 g/mol. The third-order valence-electron chi connectivity index (χ3n) is 6.43. The van der Waals surface area contributed by atoms with Gasteiger partial charge in [-0.2, -0.15) is 0 Å². The molecule has 4 aromatic carbocycles. The molecule has 0 aliphatic heterocycles. The van der Waals surface area contributed by atoms with E-state index in [1.54, 1.807) is 23.5 Å². The molecule has 0 aliphatic carbocycles. The van der Waals surface area contributed by atoms with Gasteiger partial charge in [-0.05, 0) is 64.1 Å². The summed E-state index contributed by atoms with van der Waals surface area (Å²) in [5.74, 6) is 1.16. The summed E-state index contributed by atoms with van der Waals surface area (Å²) >= 11 is 1.61. The lowest BCUT2D eigenvalue weighted by Crippen LogP contribution is -1.95. The Kier molecular flexibility index (Phi) is 7.15. The molecule has 0 unspecified atom stereocenters. The largest absolute Gasteiger partial charge is 0.508 e. The second kappa shape index (κ2) is 10.8. The number of nitrogens with two attached hydrogens (primary N) is 2. The first-order chi connectivity index (χ1) is 18.0. The number of nitrogen functional groups attached to an aromatic ring is 2. The Morgan fingerprint density at radius 2 is 0.973 bits per heavy atom. The van der Waals surface area contributed by atoms with Crippen molar-refractivity contribution in [3.63, 3.8) is 0 Å². The summed E-state index contributed by atoms with van der Waals surface area (Å²) in [7, 11) is 0. The van der Waals surface area contributed by atoms with Crippen molar-refractivity contribution in [3.05, 3.63) is 97.1 Å². The molecule has 5 N–H and O–H groups in total. The molecule has 5 heteroatoms. The SMILES string of the molecule is CCCCOc1ccc(-c2ccc(-c3sc(-c4ccc(-c5ccc(O)cc5)cc4)c(N)c3N)cc2)cc1. The number of unbranched alkanes of at least 4 members (excludes halogenated alkanes) is 1. The summed E-state index contributed by atoms with van der Waals surface area (Å²) in [4.78, 5) is 1.94. The van der Waals surface area contributed by atoms with Gasteiger partial charge in [-0.25, -0.2) is 0 Å². The highest BCUT2D eigenvalue weighted by Crippen LogP contribution is 2.46. The van der Waals surface area contributed by atoms with Crippen molar-refractivity contribution >= 4 is 22.7 Å². The monoisotopic (exact) mass is 506 g/mol. The zero-order valence-electron chi connectivity index (χ0n) is 20.8. The minimum Gasteiger partial charge on any atom is -0.508 e. The topological polar surface area (TPSA) is 81.5 Å². The number of rotatable bonds is 8. The van der Waals surface area contributed by atoms with E-state index < -0.39 is 0 Å². The van der Waals surface area contributed by atoms with E-state index >= 15 is 0 Å². The summed E-state index contributed by atoms with van der Waals surface area (Å²) in [5.41, 5.74) is 20.6. The summed E-state index contributed by atoms with van der Waals surface area (Å²) < 4.78 is 5.78. The molecule has 5 aromatic rings.